The first-order valence-electron chi connectivity index (χ1n) is 6.44. The number of rotatable bonds is 4. The van der Waals surface area contributed by atoms with Crippen molar-refractivity contribution in [1.82, 2.24) is 4.90 Å². The van der Waals surface area contributed by atoms with Gasteiger partial charge < -0.3 is 0 Å². The Labute approximate surface area is 89.9 Å². The first kappa shape index (κ1) is 12.0. The number of likely N-dealkylation sites (tertiary alicyclic amines) is 1. The predicted molar refractivity (Wildman–Crippen MR) is 63.6 cm³/mol. The van der Waals surface area contributed by atoms with E-state index in [9.17, 15) is 0 Å². The molecule has 1 aliphatic rings. The summed E-state index contributed by atoms with van der Waals surface area (Å²) in [6.45, 7) is 9.39. The Hall–Kier alpha value is -0.0400. The molecule has 2 atom stereocenters. The molecule has 1 fully saturated rings. The Morgan fingerprint density at radius 3 is 2.57 bits per heavy atom. The van der Waals surface area contributed by atoms with Gasteiger partial charge in [-0.15, -0.1) is 0 Å². The number of piperidine rings is 1. The van der Waals surface area contributed by atoms with E-state index in [0.29, 0.717) is 0 Å². The highest BCUT2D eigenvalue weighted by molar-refractivity contribution is 4.84. The Balaban J connectivity index is 2.51. The molecule has 1 rings (SSSR count). The molecule has 0 bridgehead atoms. The molecule has 0 spiro atoms. The van der Waals surface area contributed by atoms with E-state index in [4.69, 9.17) is 0 Å². The summed E-state index contributed by atoms with van der Waals surface area (Å²) in [6.07, 6.45) is 8.44. The highest BCUT2D eigenvalue weighted by atomic mass is 15.2. The second-order valence-corrected chi connectivity index (χ2v) is 5.12. The van der Waals surface area contributed by atoms with E-state index >= 15 is 0 Å². The maximum Gasteiger partial charge on any atom is 0.0101 e. The van der Waals surface area contributed by atoms with Crippen molar-refractivity contribution in [3.05, 3.63) is 0 Å². The zero-order valence-electron chi connectivity index (χ0n) is 10.4. The molecule has 1 heterocycles. The lowest BCUT2D eigenvalue weighted by Gasteiger charge is -2.43. The standard InChI is InChI=1S/C13H27N/c1-5-6-9-13-10-7-8-12(4)14(13)11(2)3/h11-13H,5-10H2,1-4H3. The minimum absolute atomic E-state index is 0.729. The largest absolute Gasteiger partial charge is 0.295 e. The van der Waals surface area contributed by atoms with Crippen LogP contribution in [0.25, 0.3) is 0 Å². The molecule has 1 heteroatoms. The molecule has 1 saturated heterocycles. The van der Waals surface area contributed by atoms with Crippen LogP contribution in [0.4, 0.5) is 0 Å². The monoisotopic (exact) mass is 197 g/mol. The molecule has 0 amide bonds. The van der Waals surface area contributed by atoms with Crippen molar-refractivity contribution < 1.29 is 0 Å². The number of hydrogen-bond donors (Lipinski definition) is 0. The summed E-state index contributed by atoms with van der Waals surface area (Å²) >= 11 is 0. The average molecular weight is 197 g/mol. The van der Waals surface area contributed by atoms with E-state index in [1.165, 1.54) is 38.5 Å². The molecule has 0 N–H and O–H groups in total. The van der Waals surface area contributed by atoms with Crippen LogP contribution in [0.5, 0.6) is 0 Å². The zero-order valence-corrected chi connectivity index (χ0v) is 10.4. The summed E-state index contributed by atoms with van der Waals surface area (Å²) in [6, 6.07) is 2.41. The van der Waals surface area contributed by atoms with Gasteiger partial charge in [-0.05, 0) is 40.0 Å². The van der Waals surface area contributed by atoms with Crippen LogP contribution in [-0.4, -0.2) is 23.0 Å². The molecule has 0 aromatic rings. The van der Waals surface area contributed by atoms with Crippen molar-refractivity contribution in [2.75, 3.05) is 0 Å². The van der Waals surface area contributed by atoms with Crippen LogP contribution in [-0.2, 0) is 0 Å². The normalized spacial score (nSPS) is 29.8. The maximum absolute atomic E-state index is 2.75. The minimum Gasteiger partial charge on any atom is -0.295 e. The van der Waals surface area contributed by atoms with Gasteiger partial charge in [-0.1, -0.05) is 26.2 Å². The fourth-order valence-corrected chi connectivity index (χ4v) is 2.97. The van der Waals surface area contributed by atoms with Crippen molar-refractivity contribution in [3.63, 3.8) is 0 Å². The predicted octanol–water partition coefficient (Wildman–Crippen LogP) is 3.83. The lowest BCUT2D eigenvalue weighted by Crippen LogP contribution is -2.48. The van der Waals surface area contributed by atoms with Crippen molar-refractivity contribution in [2.45, 2.75) is 84.3 Å². The second-order valence-electron chi connectivity index (χ2n) is 5.12. The van der Waals surface area contributed by atoms with E-state index in [1.54, 1.807) is 0 Å². The molecular formula is C13H27N. The first-order valence-corrected chi connectivity index (χ1v) is 6.44. The van der Waals surface area contributed by atoms with Crippen molar-refractivity contribution in [1.29, 1.82) is 0 Å². The smallest absolute Gasteiger partial charge is 0.0101 e. The minimum atomic E-state index is 0.729. The number of nitrogens with zero attached hydrogens (tertiary/aromatic N) is 1. The highest BCUT2D eigenvalue weighted by Gasteiger charge is 2.28. The first-order chi connectivity index (χ1) is 6.66. The van der Waals surface area contributed by atoms with Gasteiger partial charge in [-0.25, -0.2) is 0 Å². The lowest BCUT2D eigenvalue weighted by molar-refractivity contribution is 0.0547. The van der Waals surface area contributed by atoms with Crippen molar-refractivity contribution in [3.8, 4) is 0 Å². The van der Waals surface area contributed by atoms with Crippen LogP contribution >= 0.6 is 0 Å². The Bertz CT molecular complexity index is 153. The number of unbranched alkanes of at least 4 members (excludes halogenated alkanes) is 1. The average Bonchev–Trinajstić information content (AvgIpc) is 2.14. The summed E-state index contributed by atoms with van der Waals surface area (Å²) < 4.78 is 0. The molecular weight excluding hydrogens is 170 g/mol. The third kappa shape index (κ3) is 2.98. The van der Waals surface area contributed by atoms with Gasteiger partial charge >= 0.3 is 0 Å². The van der Waals surface area contributed by atoms with E-state index in [-0.39, 0.29) is 0 Å². The van der Waals surface area contributed by atoms with Gasteiger partial charge in [0.25, 0.3) is 0 Å². The summed E-state index contributed by atoms with van der Waals surface area (Å²) in [5, 5.41) is 0. The Morgan fingerprint density at radius 1 is 1.29 bits per heavy atom. The molecule has 1 aliphatic heterocycles. The fraction of sp³-hybridized carbons (Fsp3) is 1.00. The zero-order chi connectivity index (χ0) is 10.6. The highest BCUT2D eigenvalue weighted by Crippen LogP contribution is 2.27. The van der Waals surface area contributed by atoms with Crippen LogP contribution in [0.3, 0.4) is 0 Å². The van der Waals surface area contributed by atoms with Crippen LogP contribution in [0.1, 0.15) is 66.2 Å². The van der Waals surface area contributed by atoms with Gasteiger partial charge in [0.05, 0.1) is 0 Å². The fourth-order valence-electron chi connectivity index (χ4n) is 2.97. The van der Waals surface area contributed by atoms with Gasteiger partial charge in [0.2, 0.25) is 0 Å². The molecule has 1 nitrogen and oxygen atoms in total. The third-order valence-electron chi connectivity index (χ3n) is 3.58. The Morgan fingerprint density at radius 2 is 2.00 bits per heavy atom. The van der Waals surface area contributed by atoms with Crippen molar-refractivity contribution >= 4 is 0 Å². The summed E-state index contributed by atoms with van der Waals surface area (Å²) in [7, 11) is 0. The molecule has 2 unspecified atom stereocenters. The Kier molecular flexibility index (Phi) is 4.94. The topological polar surface area (TPSA) is 3.24 Å². The van der Waals surface area contributed by atoms with E-state index in [2.05, 4.69) is 32.6 Å². The van der Waals surface area contributed by atoms with E-state index in [1.807, 2.05) is 0 Å². The summed E-state index contributed by atoms with van der Waals surface area (Å²) in [4.78, 5) is 2.75. The maximum atomic E-state index is 2.75. The summed E-state index contributed by atoms with van der Waals surface area (Å²) in [5.74, 6) is 0. The van der Waals surface area contributed by atoms with Crippen LogP contribution in [0.2, 0.25) is 0 Å². The number of hydrogen-bond acceptors (Lipinski definition) is 1. The summed E-state index contributed by atoms with van der Waals surface area (Å²) in [5.41, 5.74) is 0. The molecule has 14 heavy (non-hydrogen) atoms. The van der Waals surface area contributed by atoms with Gasteiger partial charge in [0, 0.05) is 18.1 Å². The van der Waals surface area contributed by atoms with Gasteiger partial charge in [-0.2, -0.15) is 0 Å². The molecule has 0 aromatic carbocycles. The molecule has 0 aliphatic carbocycles. The van der Waals surface area contributed by atoms with Crippen LogP contribution < -0.4 is 0 Å². The van der Waals surface area contributed by atoms with Crippen molar-refractivity contribution in [2.24, 2.45) is 0 Å². The lowest BCUT2D eigenvalue weighted by atomic mass is 9.91. The third-order valence-corrected chi connectivity index (χ3v) is 3.58. The molecule has 0 radical (unpaired) electrons. The molecule has 84 valence electrons. The quantitative estimate of drug-likeness (QED) is 0.662. The van der Waals surface area contributed by atoms with E-state index < -0.39 is 0 Å². The SMILES string of the molecule is CCCCC1CCCC(C)N1C(C)C. The van der Waals surface area contributed by atoms with Crippen LogP contribution in [0.15, 0.2) is 0 Å². The van der Waals surface area contributed by atoms with Gasteiger partial charge in [0.15, 0.2) is 0 Å². The van der Waals surface area contributed by atoms with Crippen LogP contribution in [0, 0.1) is 0 Å². The van der Waals surface area contributed by atoms with Gasteiger partial charge in [0.1, 0.15) is 0 Å². The molecule has 0 aromatic heterocycles. The second kappa shape index (κ2) is 5.75. The van der Waals surface area contributed by atoms with E-state index in [0.717, 1.165) is 18.1 Å². The molecule has 0 saturated carbocycles. The van der Waals surface area contributed by atoms with Gasteiger partial charge in [-0.3, -0.25) is 4.90 Å².